The Morgan fingerprint density at radius 1 is 1.15 bits per heavy atom. The second-order valence-electron chi connectivity index (χ2n) is 5.18. The molecule has 3 nitrogen and oxygen atoms in total. The lowest BCUT2D eigenvalue weighted by molar-refractivity contribution is 0.0598. The zero-order valence-electron chi connectivity index (χ0n) is 12.2. The molecule has 20 heavy (non-hydrogen) atoms. The number of hydrogen-bond donors (Lipinski definition) is 0. The number of ether oxygens (including phenoxy) is 2. The predicted molar refractivity (Wildman–Crippen MR) is 80.2 cm³/mol. The Kier molecular flexibility index (Phi) is 4.61. The maximum atomic E-state index is 12.0. The molecule has 0 radical (unpaired) electrons. The second kappa shape index (κ2) is 6.42. The number of esters is 1. The number of methoxy groups -OCH3 is 1. The van der Waals surface area contributed by atoms with Gasteiger partial charge in [0.1, 0.15) is 11.3 Å². The van der Waals surface area contributed by atoms with Gasteiger partial charge in [0.2, 0.25) is 0 Å². The number of rotatable bonds is 5. The van der Waals surface area contributed by atoms with Gasteiger partial charge in [0.15, 0.2) is 0 Å². The first-order valence-electron chi connectivity index (χ1n) is 6.86. The molecular formula is C17H20O3. The lowest BCUT2D eigenvalue weighted by atomic mass is 10.0. The molecule has 0 aliphatic rings. The van der Waals surface area contributed by atoms with E-state index < -0.39 is 0 Å². The van der Waals surface area contributed by atoms with Crippen LogP contribution in [0.25, 0.3) is 10.8 Å². The molecule has 0 amide bonds. The van der Waals surface area contributed by atoms with Gasteiger partial charge in [-0.25, -0.2) is 4.79 Å². The van der Waals surface area contributed by atoms with Crippen LogP contribution >= 0.6 is 0 Å². The highest BCUT2D eigenvalue weighted by molar-refractivity contribution is 6.07. The molecule has 0 aromatic heterocycles. The van der Waals surface area contributed by atoms with Crippen LogP contribution in [0, 0.1) is 5.92 Å². The van der Waals surface area contributed by atoms with E-state index in [1.807, 2.05) is 36.4 Å². The fraction of sp³-hybridized carbons (Fsp3) is 0.353. The summed E-state index contributed by atoms with van der Waals surface area (Å²) in [5.74, 6) is 0.801. The fourth-order valence-corrected chi connectivity index (χ4v) is 2.09. The van der Waals surface area contributed by atoms with Gasteiger partial charge < -0.3 is 9.47 Å². The minimum absolute atomic E-state index is 0.360. The number of hydrogen-bond acceptors (Lipinski definition) is 3. The van der Waals surface area contributed by atoms with Crippen molar-refractivity contribution in [2.24, 2.45) is 5.92 Å². The van der Waals surface area contributed by atoms with Crippen molar-refractivity contribution in [3.63, 3.8) is 0 Å². The van der Waals surface area contributed by atoms with Gasteiger partial charge in [0.25, 0.3) is 0 Å². The van der Waals surface area contributed by atoms with Gasteiger partial charge in [-0.05, 0) is 29.2 Å². The van der Waals surface area contributed by atoms with Crippen LogP contribution in [0.5, 0.6) is 5.75 Å². The van der Waals surface area contributed by atoms with Crippen molar-refractivity contribution in [2.45, 2.75) is 20.3 Å². The van der Waals surface area contributed by atoms with Crippen LogP contribution in [0.3, 0.4) is 0 Å². The summed E-state index contributed by atoms with van der Waals surface area (Å²) in [6, 6.07) is 11.5. The molecule has 0 aliphatic heterocycles. The van der Waals surface area contributed by atoms with Gasteiger partial charge in [0, 0.05) is 0 Å². The normalized spacial score (nSPS) is 10.8. The highest BCUT2D eigenvalue weighted by Crippen LogP contribution is 2.29. The molecular weight excluding hydrogens is 252 g/mol. The van der Waals surface area contributed by atoms with E-state index in [0.717, 1.165) is 17.2 Å². The Morgan fingerprint density at radius 2 is 1.90 bits per heavy atom. The molecule has 0 fully saturated rings. The average molecular weight is 272 g/mol. The van der Waals surface area contributed by atoms with E-state index in [2.05, 4.69) is 13.8 Å². The zero-order chi connectivity index (χ0) is 14.5. The minimum atomic E-state index is -0.360. The van der Waals surface area contributed by atoms with Crippen LogP contribution in [-0.4, -0.2) is 19.7 Å². The molecule has 0 bridgehead atoms. The quantitative estimate of drug-likeness (QED) is 0.770. The summed E-state index contributed by atoms with van der Waals surface area (Å²) < 4.78 is 10.7. The summed E-state index contributed by atoms with van der Waals surface area (Å²) in [4.78, 5) is 12.0. The van der Waals surface area contributed by atoms with E-state index in [1.165, 1.54) is 7.11 Å². The van der Waals surface area contributed by atoms with Crippen molar-refractivity contribution in [3.8, 4) is 5.75 Å². The summed E-state index contributed by atoms with van der Waals surface area (Å²) in [6.45, 7) is 4.88. The summed E-state index contributed by atoms with van der Waals surface area (Å²) in [6.07, 6.45) is 0.952. The van der Waals surface area contributed by atoms with Crippen molar-refractivity contribution >= 4 is 16.7 Å². The lowest BCUT2D eigenvalue weighted by Crippen LogP contribution is -2.08. The van der Waals surface area contributed by atoms with Gasteiger partial charge in [-0.3, -0.25) is 0 Å². The van der Waals surface area contributed by atoms with Gasteiger partial charge in [-0.15, -0.1) is 0 Å². The van der Waals surface area contributed by atoms with Crippen molar-refractivity contribution in [1.82, 2.24) is 0 Å². The van der Waals surface area contributed by atoms with Gasteiger partial charge in [0.05, 0.1) is 13.7 Å². The molecule has 106 valence electrons. The molecule has 3 heteroatoms. The lowest BCUT2D eigenvalue weighted by Gasteiger charge is -2.13. The second-order valence-corrected chi connectivity index (χ2v) is 5.18. The molecule has 0 saturated carbocycles. The third-order valence-corrected chi connectivity index (χ3v) is 3.23. The summed E-state index contributed by atoms with van der Waals surface area (Å²) >= 11 is 0. The summed E-state index contributed by atoms with van der Waals surface area (Å²) in [5.41, 5.74) is 0.509. The number of carbonyl (C=O) groups excluding carboxylic acids is 1. The van der Waals surface area contributed by atoms with Crippen LogP contribution in [0.15, 0.2) is 36.4 Å². The molecule has 0 atom stereocenters. The van der Waals surface area contributed by atoms with Crippen molar-refractivity contribution in [2.75, 3.05) is 13.7 Å². The summed E-state index contributed by atoms with van der Waals surface area (Å²) in [7, 11) is 1.39. The SMILES string of the molecule is COC(=O)c1c(OCCC(C)C)ccc2ccccc12. The molecule has 0 unspecified atom stereocenters. The van der Waals surface area contributed by atoms with E-state index >= 15 is 0 Å². The topological polar surface area (TPSA) is 35.5 Å². The molecule has 0 saturated heterocycles. The standard InChI is InChI=1S/C17H20O3/c1-12(2)10-11-20-15-9-8-13-6-4-5-7-14(13)16(15)17(18)19-3/h4-9,12H,10-11H2,1-3H3. The smallest absolute Gasteiger partial charge is 0.342 e. The van der Waals surface area contributed by atoms with Gasteiger partial charge in [-0.2, -0.15) is 0 Å². The molecule has 0 heterocycles. The van der Waals surface area contributed by atoms with E-state index in [1.54, 1.807) is 0 Å². The molecule has 2 aromatic carbocycles. The molecule has 2 aromatic rings. The Hall–Kier alpha value is -2.03. The first kappa shape index (κ1) is 14.4. The van der Waals surface area contributed by atoms with Crippen LogP contribution < -0.4 is 4.74 Å². The Balaban J connectivity index is 2.40. The van der Waals surface area contributed by atoms with Gasteiger partial charge in [-0.1, -0.05) is 44.2 Å². The maximum absolute atomic E-state index is 12.0. The number of fused-ring (bicyclic) bond motifs is 1. The number of benzene rings is 2. The van der Waals surface area contributed by atoms with E-state index in [9.17, 15) is 4.79 Å². The monoisotopic (exact) mass is 272 g/mol. The predicted octanol–water partition coefficient (Wildman–Crippen LogP) is 4.05. The van der Waals surface area contributed by atoms with Crippen molar-refractivity contribution in [1.29, 1.82) is 0 Å². The Bertz CT molecular complexity index is 602. The van der Waals surface area contributed by atoms with Crippen LogP contribution in [-0.2, 0) is 4.74 Å². The zero-order valence-corrected chi connectivity index (χ0v) is 12.2. The van der Waals surface area contributed by atoms with Crippen molar-refractivity contribution in [3.05, 3.63) is 42.0 Å². The first-order chi connectivity index (χ1) is 9.63. The maximum Gasteiger partial charge on any atom is 0.342 e. The number of carbonyl (C=O) groups is 1. The molecule has 0 spiro atoms. The highest BCUT2D eigenvalue weighted by Gasteiger charge is 2.17. The third-order valence-electron chi connectivity index (χ3n) is 3.23. The van der Waals surface area contributed by atoms with E-state index in [-0.39, 0.29) is 5.97 Å². The fourth-order valence-electron chi connectivity index (χ4n) is 2.09. The highest BCUT2D eigenvalue weighted by atomic mass is 16.5. The first-order valence-corrected chi connectivity index (χ1v) is 6.86. The molecule has 0 aliphatic carbocycles. The van der Waals surface area contributed by atoms with Gasteiger partial charge >= 0.3 is 5.97 Å². The van der Waals surface area contributed by atoms with Crippen LogP contribution in [0.1, 0.15) is 30.6 Å². The average Bonchev–Trinajstić information content (AvgIpc) is 2.45. The minimum Gasteiger partial charge on any atom is -0.493 e. The molecule has 2 rings (SSSR count). The summed E-state index contributed by atoms with van der Waals surface area (Å²) in [5, 5.41) is 1.87. The van der Waals surface area contributed by atoms with Crippen LogP contribution in [0.2, 0.25) is 0 Å². The third kappa shape index (κ3) is 3.10. The Labute approximate surface area is 119 Å². The van der Waals surface area contributed by atoms with Crippen molar-refractivity contribution < 1.29 is 14.3 Å². The molecule has 0 N–H and O–H groups in total. The largest absolute Gasteiger partial charge is 0.493 e. The van der Waals surface area contributed by atoms with E-state index in [4.69, 9.17) is 9.47 Å². The Morgan fingerprint density at radius 3 is 2.60 bits per heavy atom. The van der Waals surface area contributed by atoms with E-state index in [0.29, 0.717) is 23.8 Å². The van der Waals surface area contributed by atoms with Crippen LogP contribution in [0.4, 0.5) is 0 Å².